The van der Waals surface area contributed by atoms with Gasteiger partial charge in [0.2, 0.25) is 5.91 Å². The van der Waals surface area contributed by atoms with Crippen LogP contribution in [0.1, 0.15) is 18.4 Å². The molecule has 5 atom stereocenters. The van der Waals surface area contributed by atoms with Crippen molar-refractivity contribution in [1.82, 2.24) is 0 Å². The fourth-order valence-electron chi connectivity index (χ4n) is 4.36. The highest BCUT2D eigenvalue weighted by molar-refractivity contribution is 5.97. The van der Waals surface area contributed by atoms with Crippen molar-refractivity contribution in [2.45, 2.75) is 25.1 Å². The van der Waals surface area contributed by atoms with Crippen molar-refractivity contribution >= 4 is 17.6 Å². The van der Waals surface area contributed by atoms with Gasteiger partial charge in [-0.1, -0.05) is 6.07 Å². The molecule has 3 fully saturated rings. The zero-order valence-electron chi connectivity index (χ0n) is 12.0. The maximum absolute atomic E-state index is 12.7. The molecule has 1 N–H and O–H groups in total. The predicted molar refractivity (Wildman–Crippen MR) is 73.1 cm³/mol. The largest absolute Gasteiger partial charge is 0.462 e. The van der Waals surface area contributed by atoms with Crippen LogP contribution in [0.2, 0.25) is 0 Å². The molecule has 1 aromatic carbocycles. The second-order valence-electron chi connectivity index (χ2n) is 6.49. The van der Waals surface area contributed by atoms with Crippen LogP contribution in [0, 0.1) is 23.7 Å². The average Bonchev–Trinajstić information content (AvgIpc) is 3.08. The Labute approximate surface area is 130 Å². The maximum Gasteiger partial charge on any atom is 0.416 e. The van der Waals surface area contributed by atoms with Gasteiger partial charge in [-0.25, -0.2) is 0 Å². The third-order valence-corrected chi connectivity index (χ3v) is 5.24. The van der Waals surface area contributed by atoms with E-state index in [1.807, 2.05) is 0 Å². The van der Waals surface area contributed by atoms with Crippen LogP contribution in [-0.4, -0.2) is 18.0 Å². The Hall–Kier alpha value is -2.05. The van der Waals surface area contributed by atoms with Crippen LogP contribution in [0.3, 0.4) is 0 Å². The molecule has 0 aromatic heterocycles. The van der Waals surface area contributed by atoms with Gasteiger partial charge in [-0.05, 0) is 37.0 Å². The predicted octanol–water partition coefficient (Wildman–Crippen LogP) is 2.84. The third-order valence-electron chi connectivity index (χ3n) is 5.24. The van der Waals surface area contributed by atoms with Crippen LogP contribution in [0.15, 0.2) is 24.3 Å². The number of alkyl halides is 3. The van der Waals surface area contributed by atoms with E-state index in [2.05, 4.69) is 5.32 Å². The van der Waals surface area contributed by atoms with Crippen molar-refractivity contribution < 1.29 is 27.5 Å². The summed E-state index contributed by atoms with van der Waals surface area (Å²) in [6.07, 6.45) is -3.08. The van der Waals surface area contributed by atoms with Gasteiger partial charge in [0, 0.05) is 11.6 Å². The molecule has 0 spiro atoms. The van der Waals surface area contributed by atoms with E-state index >= 15 is 0 Å². The van der Waals surface area contributed by atoms with Gasteiger partial charge in [0.15, 0.2) is 0 Å². The number of amides is 1. The van der Waals surface area contributed by atoms with E-state index in [4.69, 9.17) is 4.74 Å². The van der Waals surface area contributed by atoms with Gasteiger partial charge < -0.3 is 10.1 Å². The number of carbonyl (C=O) groups excluding carboxylic acids is 2. The normalized spacial score (nSPS) is 34.6. The number of rotatable bonds is 2. The van der Waals surface area contributed by atoms with Crippen molar-refractivity contribution in [2.24, 2.45) is 23.7 Å². The van der Waals surface area contributed by atoms with Crippen molar-refractivity contribution in [3.05, 3.63) is 29.8 Å². The minimum atomic E-state index is -4.46. The van der Waals surface area contributed by atoms with Gasteiger partial charge in [0.05, 0.1) is 17.4 Å². The number of ether oxygens (including phenoxy) is 1. The average molecular weight is 325 g/mol. The summed E-state index contributed by atoms with van der Waals surface area (Å²) in [4.78, 5) is 24.4. The lowest BCUT2D eigenvalue weighted by atomic mass is 9.79. The molecule has 2 bridgehead atoms. The standard InChI is InChI=1S/C16H14F3NO3/c17-16(18,19)8-2-1-3-9(6-8)20-14(21)12-7-4-10-11(5-7)23-15(22)13(10)12/h1-3,6-7,10-13H,4-5H2,(H,20,21)/t7-,10+,11-,12-,13+/m0/s1. The molecule has 1 saturated heterocycles. The molecule has 122 valence electrons. The number of benzene rings is 1. The molecular weight excluding hydrogens is 311 g/mol. The lowest BCUT2D eigenvalue weighted by Crippen LogP contribution is -2.35. The first-order valence-electron chi connectivity index (χ1n) is 7.53. The quantitative estimate of drug-likeness (QED) is 0.851. The van der Waals surface area contributed by atoms with Crippen molar-refractivity contribution in [1.29, 1.82) is 0 Å². The van der Waals surface area contributed by atoms with Crippen molar-refractivity contribution in [2.75, 3.05) is 5.32 Å². The molecule has 23 heavy (non-hydrogen) atoms. The maximum atomic E-state index is 12.7. The summed E-state index contributed by atoms with van der Waals surface area (Å²) in [6, 6.07) is 4.52. The van der Waals surface area contributed by atoms with Crippen molar-refractivity contribution in [3.63, 3.8) is 0 Å². The first-order chi connectivity index (χ1) is 10.8. The number of esters is 1. The zero-order chi connectivity index (χ0) is 16.4. The molecule has 2 saturated carbocycles. The lowest BCUT2D eigenvalue weighted by Gasteiger charge is -2.23. The number of fused-ring (bicyclic) bond motifs is 1. The summed E-state index contributed by atoms with van der Waals surface area (Å²) in [5, 5.41) is 2.54. The summed E-state index contributed by atoms with van der Waals surface area (Å²) in [5.41, 5.74) is -0.723. The first kappa shape index (κ1) is 14.5. The molecule has 2 aliphatic carbocycles. The highest BCUT2D eigenvalue weighted by atomic mass is 19.4. The Kier molecular flexibility index (Phi) is 2.98. The molecule has 1 amide bonds. The number of anilines is 1. The van der Waals surface area contributed by atoms with Gasteiger partial charge in [0.25, 0.3) is 0 Å². The number of nitrogens with one attached hydrogen (secondary N) is 1. The number of hydrogen-bond acceptors (Lipinski definition) is 3. The van der Waals surface area contributed by atoms with Crippen LogP contribution in [-0.2, 0) is 20.5 Å². The van der Waals surface area contributed by atoms with Gasteiger partial charge in [-0.2, -0.15) is 13.2 Å². The molecule has 0 radical (unpaired) electrons. The summed E-state index contributed by atoms with van der Waals surface area (Å²) < 4.78 is 43.5. The van der Waals surface area contributed by atoms with E-state index < -0.39 is 23.6 Å². The Morgan fingerprint density at radius 2 is 2.04 bits per heavy atom. The molecule has 4 nitrogen and oxygen atoms in total. The van der Waals surface area contributed by atoms with Crippen LogP contribution < -0.4 is 5.32 Å². The van der Waals surface area contributed by atoms with Crippen LogP contribution in [0.5, 0.6) is 0 Å². The Morgan fingerprint density at radius 3 is 2.78 bits per heavy atom. The monoisotopic (exact) mass is 325 g/mol. The Balaban J connectivity index is 1.54. The zero-order valence-corrected chi connectivity index (χ0v) is 12.0. The fourth-order valence-corrected chi connectivity index (χ4v) is 4.36. The SMILES string of the molecule is O=C1O[C@H]2C[C@@H]3C[C@H]2[C@@H]1[C@H]3C(=O)Nc1cccc(C(F)(F)F)c1. The van der Waals surface area contributed by atoms with Gasteiger partial charge >= 0.3 is 12.1 Å². The highest BCUT2D eigenvalue weighted by Gasteiger charge is 2.63. The summed E-state index contributed by atoms with van der Waals surface area (Å²) in [6.45, 7) is 0. The summed E-state index contributed by atoms with van der Waals surface area (Å²) in [7, 11) is 0. The fraction of sp³-hybridized carbons (Fsp3) is 0.500. The van der Waals surface area contributed by atoms with E-state index in [0.717, 1.165) is 18.6 Å². The molecule has 3 aliphatic rings. The Morgan fingerprint density at radius 1 is 1.26 bits per heavy atom. The van der Waals surface area contributed by atoms with E-state index in [-0.39, 0.29) is 35.5 Å². The Bertz CT molecular complexity index is 685. The molecule has 1 aromatic rings. The lowest BCUT2D eigenvalue weighted by molar-refractivity contribution is -0.145. The first-order valence-corrected chi connectivity index (χ1v) is 7.53. The number of halogens is 3. The summed E-state index contributed by atoms with van der Waals surface area (Å²) in [5.74, 6) is -1.51. The minimum Gasteiger partial charge on any atom is -0.462 e. The van der Waals surface area contributed by atoms with E-state index in [1.54, 1.807) is 0 Å². The second-order valence-corrected chi connectivity index (χ2v) is 6.49. The number of hydrogen-bond donors (Lipinski definition) is 1. The molecule has 1 heterocycles. The molecule has 1 aliphatic heterocycles. The van der Waals surface area contributed by atoms with E-state index in [9.17, 15) is 22.8 Å². The van der Waals surface area contributed by atoms with E-state index in [1.165, 1.54) is 12.1 Å². The van der Waals surface area contributed by atoms with Crippen LogP contribution in [0.4, 0.5) is 18.9 Å². The van der Waals surface area contributed by atoms with Gasteiger partial charge in [-0.3, -0.25) is 9.59 Å². The number of carbonyl (C=O) groups is 2. The topological polar surface area (TPSA) is 55.4 Å². The second kappa shape index (κ2) is 4.72. The van der Waals surface area contributed by atoms with Gasteiger partial charge in [-0.15, -0.1) is 0 Å². The third kappa shape index (κ3) is 2.21. The van der Waals surface area contributed by atoms with Gasteiger partial charge in [0.1, 0.15) is 6.10 Å². The molecular formula is C16H14F3NO3. The minimum absolute atomic E-state index is 0.0740. The molecule has 7 heteroatoms. The van der Waals surface area contributed by atoms with E-state index in [0.29, 0.717) is 6.42 Å². The smallest absolute Gasteiger partial charge is 0.416 e. The highest BCUT2D eigenvalue weighted by Crippen LogP contribution is 2.57. The summed E-state index contributed by atoms with van der Waals surface area (Å²) >= 11 is 0. The molecule has 4 rings (SSSR count). The van der Waals surface area contributed by atoms with Crippen LogP contribution >= 0.6 is 0 Å². The van der Waals surface area contributed by atoms with Crippen LogP contribution in [0.25, 0.3) is 0 Å². The van der Waals surface area contributed by atoms with Crippen molar-refractivity contribution in [3.8, 4) is 0 Å². The molecule has 0 unspecified atom stereocenters.